The van der Waals surface area contributed by atoms with E-state index in [9.17, 15) is 14.0 Å². The molecule has 2 atom stereocenters. The number of aromatic nitrogens is 2. The molecule has 0 bridgehead atoms. The van der Waals surface area contributed by atoms with E-state index in [0.717, 1.165) is 31.2 Å². The van der Waals surface area contributed by atoms with Gasteiger partial charge in [-0.3, -0.25) is 4.79 Å². The molecule has 1 aliphatic rings. The monoisotopic (exact) mass is 498 g/mol. The molecule has 0 radical (unpaired) electrons. The highest BCUT2D eigenvalue weighted by Crippen LogP contribution is 2.32. The first kappa shape index (κ1) is 24.7. The van der Waals surface area contributed by atoms with Gasteiger partial charge in [0.2, 0.25) is 0 Å². The van der Waals surface area contributed by atoms with Gasteiger partial charge in [-0.05, 0) is 42.9 Å². The Balaban J connectivity index is 1.33. The molecule has 0 spiro atoms. The predicted octanol–water partition coefficient (Wildman–Crippen LogP) is 5.09. The van der Waals surface area contributed by atoms with Crippen LogP contribution in [0.4, 0.5) is 9.18 Å². The average molecular weight is 499 g/mol. The summed E-state index contributed by atoms with van der Waals surface area (Å²) in [6.45, 7) is 0.691. The molecular formula is C26H28ClFN4O3. The maximum absolute atomic E-state index is 14.5. The van der Waals surface area contributed by atoms with E-state index in [2.05, 4.69) is 15.6 Å². The molecule has 2 amide bonds. The number of alkyl carbamates (subject to hydrolysis) is 1. The van der Waals surface area contributed by atoms with E-state index >= 15 is 0 Å². The van der Waals surface area contributed by atoms with Crippen molar-refractivity contribution in [2.24, 2.45) is 13.0 Å². The number of hydrogen-bond acceptors (Lipinski definition) is 4. The van der Waals surface area contributed by atoms with E-state index in [1.807, 2.05) is 30.3 Å². The normalized spacial score (nSPS) is 17.6. The number of imidazole rings is 1. The van der Waals surface area contributed by atoms with Crippen molar-refractivity contribution >= 4 is 23.6 Å². The van der Waals surface area contributed by atoms with Crippen molar-refractivity contribution in [3.05, 3.63) is 77.0 Å². The number of carbonyl (C=O) groups excluding carboxylic acids is 2. The van der Waals surface area contributed by atoms with Crippen molar-refractivity contribution in [1.29, 1.82) is 0 Å². The minimum Gasteiger partial charge on any atom is -0.445 e. The molecule has 2 aromatic carbocycles. The maximum Gasteiger partial charge on any atom is 0.407 e. The van der Waals surface area contributed by atoms with Gasteiger partial charge < -0.3 is 19.9 Å². The van der Waals surface area contributed by atoms with Crippen LogP contribution in [0.15, 0.2) is 54.9 Å². The predicted molar refractivity (Wildman–Crippen MR) is 131 cm³/mol. The van der Waals surface area contributed by atoms with Gasteiger partial charge in [0.15, 0.2) is 0 Å². The molecule has 2 N–H and O–H groups in total. The van der Waals surface area contributed by atoms with Gasteiger partial charge in [-0.15, -0.1) is 0 Å². The van der Waals surface area contributed by atoms with Crippen molar-refractivity contribution in [2.75, 3.05) is 6.54 Å². The van der Waals surface area contributed by atoms with Crippen LogP contribution in [-0.2, 0) is 18.4 Å². The summed E-state index contributed by atoms with van der Waals surface area (Å²) >= 11 is 6.21. The number of carbonyl (C=O) groups is 2. The Morgan fingerprint density at radius 1 is 1.17 bits per heavy atom. The topological polar surface area (TPSA) is 85.3 Å². The minimum atomic E-state index is -0.534. The van der Waals surface area contributed by atoms with Gasteiger partial charge >= 0.3 is 6.09 Å². The number of rotatable bonds is 7. The summed E-state index contributed by atoms with van der Waals surface area (Å²) in [5.41, 5.74) is 1.50. The Morgan fingerprint density at radius 2 is 1.97 bits per heavy atom. The Kier molecular flexibility index (Phi) is 8.02. The van der Waals surface area contributed by atoms with E-state index in [4.69, 9.17) is 16.3 Å². The van der Waals surface area contributed by atoms with Gasteiger partial charge in [-0.2, -0.15) is 0 Å². The summed E-state index contributed by atoms with van der Waals surface area (Å²) in [6, 6.07) is 13.8. The Hall–Kier alpha value is -3.39. The lowest BCUT2D eigenvalue weighted by Crippen LogP contribution is -2.41. The molecule has 1 saturated carbocycles. The third kappa shape index (κ3) is 6.19. The summed E-state index contributed by atoms with van der Waals surface area (Å²) in [6.07, 6.45) is 4.44. The molecule has 0 saturated heterocycles. The lowest BCUT2D eigenvalue weighted by atomic mass is 9.85. The second kappa shape index (κ2) is 11.4. The number of nitrogens with zero attached hydrogens (tertiary/aromatic N) is 2. The van der Waals surface area contributed by atoms with Crippen LogP contribution < -0.4 is 10.6 Å². The third-order valence-electron chi connectivity index (χ3n) is 6.22. The van der Waals surface area contributed by atoms with Crippen molar-refractivity contribution in [1.82, 2.24) is 20.2 Å². The van der Waals surface area contributed by atoms with Gasteiger partial charge in [0.05, 0.1) is 16.9 Å². The Labute approximate surface area is 208 Å². The highest BCUT2D eigenvalue weighted by Gasteiger charge is 2.28. The fourth-order valence-electron chi connectivity index (χ4n) is 4.47. The van der Waals surface area contributed by atoms with E-state index in [0.29, 0.717) is 6.54 Å². The van der Waals surface area contributed by atoms with Crippen LogP contribution in [0.25, 0.3) is 11.3 Å². The zero-order chi connectivity index (χ0) is 24.8. The second-order valence-corrected chi connectivity index (χ2v) is 9.20. The smallest absolute Gasteiger partial charge is 0.407 e. The minimum absolute atomic E-state index is 0.0674. The van der Waals surface area contributed by atoms with Crippen molar-refractivity contribution < 1.29 is 18.7 Å². The van der Waals surface area contributed by atoms with Crippen LogP contribution in [0.3, 0.4) is 0 Å². The van der Waals surface area contributed by atoms with E-state index in [1.54, 1.807) is 17.7 Å². The zero-order valence-electron chi connectivity index (χ0n) is 19.5. The molecule has 35 heavy (non-hydrogen) atoms. The van der Waals surface area contributed by atoms with Crippen molar-refractivity contribution in [3.63, 3.8) is 0 Å². The molecule has 3 aromatic rings. The molecular weight excluding hydrogens is 471 g/mol. The third-order valence-corrected chi connectivity index (χ3v) is 6.53. The first-order chi connectivity index (χ1) is 16.9. The Morgan fingerprint density at radius 3 is 2.74 bits per heavy atom. The van der Waals surface area contributed by atoms with Gasteiger partial charge in [-0.25, -0.2) is 14.2 Å². The largest absolute Gasteiger partial charge is 0.445 e. The number of aryl methyl sites for hydroxylation is 1. The molecule has 4 rings (SSSR count). The standard InChI is InChI=1S/C26H28ClFN4O3/c1-32-16-30-23(22-20(27)11-6-12-21(22)28)24(32)25(33)31-19-10-5-9-18(13-19)14-29-26(34)35-15-17-7-3-2-4-8-17/h2-4,6-8,11-12,16,18-19H,5,9-10,13-15H2,1H3,(H,29,34)(H,31,33). The summed E-state index contributed by atoms with van der Waals surface area (Å²) < 4.78 is 21.3. The van der Waals surface area contributed by atoms with E-state index in [1.165, 1.54) is 18.5 Å². The van der Waals surface area contributed by atoms with Crippen LogP contribution >= 0.6 is 11.6 Å². The first-order valence-corrected chi connectivity index (χ1v) is 12.0. The number of benzene rings is 2. The number of ether oxygens (including phenoxy) is 1. The second-order valence-electron chi connectivity index (χ2n) is 8.79. The highest BCUT2D eigenvalue weighted by atomic mass is 35.5. The zero-order valence-corrected chi connectivity index (χ0v) is 20.2. The van der Waals surface area contributed by atoms with Crippen molar-refractivity contribution in [2.45, 2.75) is 38.3 Å². The number of hydrogen-bond donors (Lipinski definition) is 2. The lowest BCUT2D eigenvalue weighted by molar-refractivity contribution is 0.0909. The molecule has 1 heterocycles. The summed E-state index contributed by atoms with van der Waals surface area (Å²) in [7, 11) is 1.69. The molecule has 184 valence electrons. The van der Waals surface area contributed by atoms with Crippen molar-refractivity contribution in [3.8, 4) is 11.3 Å². The molecule has 1 aliphatic carbocycles. The molecule has 1 aromatic heterocycles. The quantitative estimate of drug-likeness (QED) is 0.475. The molecule has 9 heteroatoms. The van der Waals surface area contributed by atoms with Crippen LogP contribution in [0.5, 0.6) is 0 Å². The number of nitrogens with one attached hydrogen (secondary N) is 2. The van der Waals surface area contributed by atoms with Gasteiger partial charge in [-0.1, -0.05) is 54.4 Å². The SMILES string of the molecule is Cn1cnc(-c2c(F)cccc2Cl)c1C(=O)NC1CCCC(CNC(=O)OCc2ccccc2)C1. The van der Waals surface area contributed by atoms with Gasteiger partial charge in [0.25, 0.3) is 5.91 Å². The summed E-state index contributed by atoms with van der Waals surface area (Å²) in [5, 5.41) is 6.09. The molecule has 7 nitrogen and oxygen atoms in total. The fraction of sp³-hybridized carbons (Fsp3) is 0.346. The molecule has 2 unspecified atom stereocenters. The Bertz CT molecular complexity index is 1160. The van der Waals surface area contributed by atoms with Gasteiger partial charge in [0.1, 0.15) is 23.8 Å². The number of halogens is 2. The summed E-state index contributed by atoms with van der Waals surface area (Å²) in [4.78, 5) is 29.5. The van der Waals surface area contributed by atoms with Crippen LogP contribution in [0.2, 0.25) is 5.02 Å². The maximum atomic E-state index is 14.5. The van der Waals surface area contributed by atoms with Crippen LogP contribution in [0.1, 0.15) is 41.7 Å². The fourth-order valence-corrected chi connectivity index (χ4v) is 4.72. The lowest BCUT2D eigenvalue weighted by Gasteiger charge is -2.30. The van der Waals surface area contributed by atoms with Gasteiger partial charge in [0, 0.05) is 19.6 Å². The molecule has 1 fully saturated rings. The van der Waals surface area contributed by atoms with E-state index in [-0.39, 0.29) is 46.4 Å². The van der Waals surface area contributed by atoms with E-state index < -0.39 is 11.9 Å². The average Bonchev–Trinajstić information content (AvgIpc) is 3.23. The van der Waals surface area contributed by atoms with Crippen LogP contribution in [0, 0.1) is 11.7 Å². The number of amides is 2. The first-order valence-electron chi connectivity index (χ1n) is 11.6. The molecule has 0 aliphatic heterocycles. The van der Waals surface area contributed by atoms with Crippen LogP contribution in [-0.4, -0.2) is 34.1 Å². The highest BCUT2D eigenvalue weighted by molar-refractivity contribution is 6.33. The summed E-state index contributed by atoms with van der Waals surface area (Å²) in [5.74, 6) is -0.654.